The molecule has 0 heterocycles. The van der Waals surface area contributed by atoms with Crippen LogP contribution in [-0.4, -0.2) is 16.9 Å². The summed E-state index contributed by atoms with van der Waals surface area (Å²) in [5, 5.41) is 8.60. The van der Waals surface area contributed by atoms with Crippen molar-refractivity contribution >= 4 is 11.8 Å². The lowest BCUT2D eigenvalue weighted by Gasteiger charge is -2.02. The molecule has 1 saturated carbocycles. The van der Waals surface area contributed by atoms with Gasteiger partial charge in [-0.1, -0.05) is 0 Å². The van der Waals surface area contributed by atoms with Gasteiger partial charge in [0, 0.05) is 5.92 Å². The van der Waals surface area contributed by atoms with Gasteiger partial charge in [0.05, 0.1) is 5.92 Å². The second-order valence-corrected chi connectivity index (χ2v) is 3.16. The molecule has 0 saturated heterocycles. The molecule has 1 fully saturated rings. The van der Waals surface area contributed by atoms with Gasteiger partial charge in [-0.2, -0.15) is 0 Å². The third-order valence-electron chi connectivity index (χ3n) is 2.36. The topological polar surface area (TPSA) is 54.4 Å². The van der Waals surface area contributed by atoms with Crippen molar-refractivity contribution in [1.29, 1.82) is 0 Å². The monoisotopic (exact) mass is 156 g/mol. The van der Waals surface area contributed by atoms with Crippen molar-refractivity contribution in [3.63, 3.8) is 0 Å². The van der Waals surface area contributed by atoms with Crippen LogP contribution >= 0.6 is 0 Å². The first-order valence-corrected chi connectivity index (χ1v) is 3.84. The maximum Gasteiger partial charge on any atom is 0.306 e. The van der Waals surface area contributed by atoms with Crippen LogP contribution in [0.3, 0.4) is 0 Å². The summed E-state index contributed by atoms with van der Waals surface area (Å²) in [5.41, 5.74) is 0. The molecule has 2 atom stereocenters. The van der Waals surface area contributed by atoms with Crippen molar-refractivity contribution in [3.05, 3.63) is 0 Å². The zero-order valence-corrected chi connectivity index (χ0v) is 6.54. The summed E-state index contributed by atoms with van der Waals surface area (Å²) >= 11 is 0. The molecule has 1 aliphatic rings. The van der Waals surface area contributed by atoms with E-state index in [0.717, 1.165) is 6.42 Å². The largest absolute Gasteiger partial charge is 0.481 e. The molecule has 0 aliphatic heterocycles. The minimum absolute atomic E-state index is 0.0103. The number of carboxylic acid groups (broad SMARTS) is 1. The van der Waals surface area contributed by atoms with Gasteiger partial charge in [-0.05, 0) is 26.2 Å². The Kier molecular flexibility index (Phi) is 2.27. The van der Waals surface area contributed by atoms with Crippen LogP contribution in [-0.2, 0) is 9.59 Å². The van der Waals surface area contributed by atoms with Crippen LogP contribution in [0.4, 0.5) is 0 Å². The van der Waals surface area contributed by atoms with Crippen LogP contribution < -0.4 is 0 Å². The van der Waals surface area contributed by atoms with Crippen LogP contribution in [0.5, 0.6) is 0 Å². The molecule has 3 heteroatoms. The molecular formula is C8H12O3. The quantitative estimate of drug-likeness (QED) is 0.650. The van der Waals surface area contributed by atoms with Gasteiger partial charge in [-0.15, -0.1) is 0 Å². The Bertz CT molecular complexity index is 166. The van der Waals surface area contributed by atoms with Gasteiger partial charge in [-0.25, -0.2) is 0 Å². The third-order valence-corrected chi connectivity index (χ3v) is 2.36. The standard InChI is InChI=1S/C8H12O3/c1-5(9)6-2-3-7(4-6)8(10)11/h6-7H,2-4H2,1H3,(H,10,11)/t6-,7-/m0/s1. The summed E-state index contributed by atoms with van der Waals surface area (Å²) in [7, 11) is 0. The number of carboxylic acids is 1. The van der Waals surface area contributed by atoms with Crippen LogP contribution in [0.15, 0.2) is 0 Å². The predicted octanol–water partition coefficient (Wildman–Crippen LogP) is 1.08. The Balaban J connectivity index is 2.47. The Morgan fingerprint density at radius 3 is 2.09 bits per heavy atom. The fourth-order valence-electron chi connectivity index (χ4n) is 1.58. The molecule has 0 aromatic carbocycles. The fourth-order valence-corrected chi connectivity index (χ4v) is 1.58. The first-order chi connectivity index (χ1) is 5.11. The predicted molar refractivity (Wildman–Crippen MR) is 39.1 cm³/mol. The Labute approximate surface area is 65.4 Å². The van der Waals surface area contributed by atoms with Gasteiger partial charge in [0.15, 0.2) is 0 Å². The average Bonchev–Trinajstić information content (AvgIpc) is 2.33. The van der Waals surface area contributed by atoms with E-state index in [1.807, 2.05) is 0 Å². The second-order valence-electron chi connectivity index (χ2n) is 3.16. The lowest BCUT2D eigenvalue weighted by atomic mass is 10.0. The van der Waals surface area contributed by atoms with E-state index in [1.54, 1.807) is 0 Å². The summed E-state index contributed by atoms with van der Waals surface area (Å²) in [5.74, 6) is -0.887. The Morgan fingerprint density at radius 1 is 1.27 bits per heavy atom. The normalized spacial score (nSPS) is 30.3. The van der Waals surface area contributed by atoms with Gasteiger partial charge < -0.3 is 5.11 Å². The van der Waals surface area contributed by atoms with Gasteiger partial charge in [0.1, 0.15) is 5.78 Å². The highest BCUT2D eigenvalue weighted by Crippen LogP contribution is 2.31. The first-order valence-electron chi connectivity index (χ1n) is 3.84. The van der Waals surface area contributed by atoms with E-state index in [-0.39, 0.29) is 17.6 Å². The van der Waals surface area contributed by atoms with Crippen LogP contribution in [0, 0.1) is 11.8 Å². The van der Waals surface area contributed by atoms with E-state index in [0.29, 0.717) is 12.8 Å². The molecule has 62 valence electrons. The molecule has 1 aliphatic carbocycles. The minimum atomic E-state index is -0.756. The number of rotatable bonds is 2. The van der Waals surface area contributed by atoms with Crippen molar-refractivity contribution in [2.24, 2.45) is 11.8 Å². The molecule has 0 aromatic rings. The van der Waals surface area contributed by atoms with Gasteiger partial charge in [0.2, 0.25) is 0 Å². The summed E-state index contributed by atoms with van der Waals surface area (Å²) < 4.78 is 0. The molecule has 0 amide bonds. The maximum atomic E-state index is 10.8. The van der Waals surface area contributed by atoms with Crippen LogP contribution in [0.25, 0.3) is 0 Å². The molecular weight excluding hydrogens is 144 g/mol. The number of hydrogen-bond donors (Lipinski definition) is 1. The summed E-state index contributed by atoms with van der Waals surface area (Å²) in [4.78, 5) is 21.3. The molecule has 11 heavy (non-hydrogen) atoms. The number of aliphatic carboxylic acids is 1. The van der Waals surface area contributed by atoms with E-state index in [1.165, 1.54) is 6.92 Å². The highest BCUT2D eigenvalue weighted by Gasteiger charge is 2.31. The van der Waals surface area contributed by atoms with Gasteiger partial charge in [0.25, 0.3) is 0 Å². The van der Waals surface area contributed by atoms with E-state index >= 15 is 0 Å². The van der Waals surface area contributed by atoms with Gasteiger partial charge >= 0.3 is 5.97 Å². The Morgan fingerprint density at radius 2 is 1.82 bits per heavy atom. The maximum absolute atomic E-state index is 10.8. The Hall–Kier alpha value is -0.860. The number of carbonyl (C=O) groups is 2. The molecule has 3 nitrogen and oxygen atoms in total. The zero-order chi connectivity index (χ0) is 8.43. The number of Topliss-reactive ketones (excluding diaryl/α,β-unsaturated/α-hetero) is 1. The van der Waals surface area contributed by atoms with E-state index in [2.05, 4.69) is 0 Å². The minimum Gasteiger partial charge on any atom is -0.481 e. The summed E-state index contributed by atoms with van der Waals surface area (Å²) in [6.07, 6.45) is 1.97. The number of ketones is 1. The molecule has 0 unspecified atom stereocenters. The van der Waals surface area contributed by atoms with E-state index in [4.69, 9.17) is 5.11 Å². The molecule has 0 radical (unpaired) electrons. The average molecular weight is 156 g/mol. The molecule has 0 spiro atoms. The second kappa shape index (κ2) is 3.03. The van der Waals surface area contributed by atoms with E-state index in [9.17, 15) is 9.59 Å². The number of carbonyl (C=O) groups excluding carboxylic acids is 1. The first kappa shape index (κ1) is 8.24. The third kappa shape index (κ3) is 1.79. The van der Waals surface area contributed by atoms with Crippen molar-refractivity contribution in [3.8, 4) is 0 Å². The van der Waals surface area contributed by atoms with Crippen molar-refractivity contribution in [2.75, 3.05) is 0 Å². The molecule has 1 N–H and O–H groups in total. The highest BCUT2D eigenvalue weighted by molar-refractivity contribution is 5.80. The van der Waals surface area contributed by atoms with Crippen LogP contribution in [0.2, 0.25) is 0 Å². The summed E-state index contributed by atoms with van der Waals surface area (Å²) in [6.45, 7) is 1.54. The van der Waals surface area contributed by atoms with Crippen molar-refractivity contribution in [1.82, 2.24) is 0 Å². The summed E-state index contributed by atoms with van der Waals surface area (Å²) in [6, 6.07) is 0. The molecule has 0 bridgehead atoms. The highest BCUT2D eigenvalue weighted by atomic mass is 16.4. The molecule has 0 aromatic heterocycles. The van der Waals surface area contributed by atoms with Crippen LogP contribution in [0.1, 0.15) is 26.2 Å². The fraction of sp³-hybridized carbons (Fsp3) is 0.750. The van der Waals surface area contributed by atoms with Gasteiger partial charge in [-0.3, -0.25) is 9.59 Å². The lowest BCUT2D eigenvalue weighted by molar-refractivity contribution is -0.141. The number of hydrogen-bond acceptors (Lipinski definition) is 2. The SMILES string of the molecule is CC(=O)[C@H]1CC[C@H](C(=O)O)C1. The smallest absolute Gasteiger partial charge is 0.306 e. The zero-order valence-electron chi connectivity index (χ0n) is 6.54. The lowest BCUT2D eigenvalue weighted by Crippen LogP contribution is -2.12. The van der Waals surface area contributed by atoms with Crippen molar-refractivity contribution < 1.29 is 14.7 Å². The van der Waals surface area contributed by atoms with E-state index < -0.39 is 5.97 Å². The molecule has 1 rings (SSSR count). The van der Waals surface area contributed by atoms with Crippen molar-refractivity contribution in [2.45, 2.75) is 26.2 Å².